The maximum Gasteiger partial charge on any atom is 0.234 e. The van der Waals surface area contributed by atoms with E-state index < -0.39 is 0 Å². The Morgan fingerprint density at radius 1 is 1.50 bits per heavy atom. The number of thiazole rings is 1. The zero-order valence-corrected chi connectivity index (χ0v) is 13.8. The summed E-state index contributed by atoms with van der Waals surface area (Å²) in [5, 5.41) is 0.663. The molecule has 118 valence electrons. The molecule has 2 aromatic rings. The molecule has 1 saturated heterocycles. The molecule has 3 rings (SSSR count). The predicted molar refractivity (Wildman–Crippen MR) is 89.2 cm³/mol. The Morgan fingerprint density at radius 2 is 2.36 bits per heavy atom. The molecule has 0 radical (unpaired) electrons. The molecule has 0 bridgehead atoms. The summed E-state index contributed by atoms with van der Waals surface area (Å²) in [6, 6.07) is 4.56. The first-order valence-electron chi connectivity index (χ1n) is 7.16. The number of rotatable bonds is 6. The van der Waals surface area contributed by atoms with Crippen LogP contribution in [0.15, 0.2) is 18.2 Å². The molecule has 8 heteroatoms. The molecule has 1 amide bonds. The number of carbonyl (C=O) groups is 1. The van der Waals surface area contributed by atoms with Crippen molar-refractivity contribution in [3.05, 3.63) is 24.0 Å². The van der Waals surface area contributed by atoms with Crippen LogP contribution in [0.2, 0.25) is 0 Å². The van der Waals surface area contributed by atoms with Gasteiger partial charge in [-0.2, -0.15) is 0 Å². The van der Waals surface area contributed by atoms with Crippen LogP contribution >= 0.6 is 23.1 Å². The molecule has 0 saturated carbocycles. The number of benzene rings is 1. The number of hydrazine groups is 1. The van der Waals surface area contributed by atoms with Crippen molar-refractivity contribution < 1.29 is 9.18 Å². The summed E-state index contributed by atoms with van der Waals surface area (Å²) in [5.74, 6) is 0.359. The Kier molecular flexibility index (Phi) is 4.80. The second-order valence-electron chi connectivity index (χ2n) is 5.00. The van der Waals surface area contributed by atoms with Crippen molar-refractivity contribution in [1.82, 2.24) is 15.3 Å². The van der Waals surface area contributed by atoms with E-state index in [0.717, 1.165) is 24.1 Å². The normalized spacial score (nSPS) is 18.4. The SMILES string of the molecule is CCCCN1C(=O)CSC1NNc1nc2cc(F)ccc2s1. The van der Waals surface area contributed by atoms with E-state index in [1.54, 1.807) is 17.8 Å². The first-order chi connectivity index (χ1) is 10.7. The molecule has 22 heavy (non-hydrogen) atoms. The van der Waals surface area contributed by atoms with Gasteiger partial charge in [-0.3, -0.25) is 10.2 Å². The second kappa shape index (κ2) is 6.80. The summed E-state index contributed by atoms with van der Waals surface area (Å²) in [4.78, 5) is 18.0. The number of hydrogen-bond donors (Lipinski definition) is 2. The zero-order valence-electron chi connectivity index (χ0n) is 12.1. The van der Waals surface area contributed by atoms with Gasteiger partial charge >= 0.3 is 0 Å². The van der Waals surface area contributed by atoms with E-state index in [2.05, 4.69) is 22.8 Å². The van der Waals surface area contributed by atoms with E-state index in [0.29, 0.717) is 16.4 Å². The highest BCUT2D eigenvalue weighted by molar-refractivity contribution is 8.00. The van der Waals surface area contributed by atoms with Crippen molar-refractivity contribution in [1.29, 1.82) is 0 Å². The molecule has 1 aliphatic rings. The van der Waals surface area contributed by atoms with Gasteiger partial charge in [0.25, 0.3) is 0 Å². The molecule has 1 aromatic carbocycles. The number of nitrogens with zero attached hydrogens (tertiary/aromatic N) is 2. The Bertz CT molecular complexity index is 678. The second-order valence-corrected chi connectivity index (χ2v) is 7.10. The van der Waals surface area contributed by atoms with Gasteiger partial charge in [0.1, 0.15) is 11.3 Å². The maximum absolute atomic E-state index is 13.2. The van der Waals surface area contributed by atoms with E-state index in [1.807, 2.05) is 4.90 Å². The molecule has 0 spiro atoms. The molecule has 1 atom stereocenters. The molecule has 1 aliphatic heterocycles. The lowest BCUT2D eigenvalue weighted by Gasteiger charge is -2.24. The third-order valence-electron chi connectivity index (χ3n) is 3.37. The number of aromatic nitrogens is 1. The number of nitrogens with one attached hydrogen (secondary N) is 2. The van der Waals surface area contributed by atoms with Gasteiger partial charge in [0, 0.05) is 12.6 Å². The van der Waals surface area contributed by atoms with Gasteiger partial charge in [-0.15, -0.1) is 11.8 Å². The summed E-state index contributed by atoms with van der Waals surface area (Å²) in [6.45, 7) is 2.86. The number of anilines is 1. The number of carbonyl (C=O) groups excluding carboxylic acids is 1. The predicted octanol–water partition coefficient (Wildman–Crippen LogP) is 3.01. The molecular formula is C14H17FN4OS2. The number of amides is 1. The van der Waals surface area contributed by atoms with Crippen LogP contribution in [-0.4, -0.2) is 33.6 Å². The third-order valence-corrected chi connectivity index (χ3v) is 5.43. The average Bonchev–Trinajstić information content (AvgIpc) is 3.06. The van der Waals surface area contributed by atoms with Gasteiger partial charge in [0.05, 0.1) is 16.0 Å². The molecule has 0 aliphatic carbocycles. The summed E-state index contributed by atoms with van der Waals surface area (Å²) < 4.78 is 14.1. The lowest BCUT2D eigenvalue weighted by atomic mass is 10.3. The standard InChI is InChI=1S/C14H17FN4OS2/c1-2-3-6-19-12(20)8-21-14(19)18-17-13-16-10-7-9(15)4-5-11(10)22-13/h4-5,7,14,18H,2-3,6,8H2,1H3,(H,16,17). The van der Waals surface area contributed by atoms with Crippen LogP contribution in [0.1, 0.15) is 19.8 Å². The first-order valence-corrected chi connectivity index (χ1v) is 9.02. The zero-order chi connectivity index (χ0) is 15.5. The lowest BCUT2D eigenvalue weighted by Crippen LogP contribution is -2.44. The minimum atomic E-state index is -0.292. The highest BCUT2D eigenvalue weighted by Crippen LogP contribution is 2.27. The maximum atomic E-state index is 13.2. The number of unbranched alkanes of at least 4 members (excludes halogenated alkanes) is 1. The first kappa shape index (κ1) is 15.5. The summed E-state index contributed by atoms with van der Waals surface area (Å²) >= 11 is 3.00. The molecule has 5 nitrogen and oxygen atoms in total. The van der Waals surface area contributed by atoms with Crippen LogP contribution in [0.5, 0.6) is 0 Å². The molecule has 1 fully saturated rings. The third kappa shape index (κ3) is 3.34. The summed E-state index contributed by atoms with van der Waals surface area (Å²) in [6.07, 6.45) is 2.04. The average molecular weight is 340 g/mol. The monoisotopic (exact) mass is 340 g/mol. The minimum absolute atomic E-state index is 0.0946. The van der Waals surface area contributed by atoms with Crippen LogP contribution in [-0.2, 0) is 4.79 Å². The minimum Gasteiger partial charge on any atom is -0.316 e. The molecule has 2 N–H and O–H groups in total. The quantitative estimate of drug-likeness (QED) is 0.792. The van der Waals surface area contributed by atoms with Gasteiger partial charge in [0.15, 0.2) is 5.13 Å². The van der Waals surface area contributed by atoms with E-state index in [-0.39, 0.29) is 17.2 Å². The van der Waals surface area contributed by atoms with Gasteiger partial charge in [-0.05, 0) is 18.6 Å². The van der Waals surface area contributed by atoms with E-state index in [4.69, 9.17) is 0 Å². The highest BCUT2D eigenvalue weighted by atomic mass is 32.2. The van der Waals surface area contributed by atoms with Crippen molar-refractivity contribution in [2.24, 2.45) is 0 Å². The largest absolute Gasteiger partial charge is 0.316 e. The molecule has 1 aromatic heterocycles. The van der Waals surface area contributed by atoms with Crippen molar-refractivity contribution >= 4 is 44.4 Å². The van der Waals surface area contributed by atoms with Crippen molar-refractivity contribution in [2.45, 2.75) is 25.3 Å². The Balaban J connectivity index is 1.64. The van der Waals surface area contributed by atoms with Crippen molar-refractivity contribution in [3.8, 4) is 0 Å². The topological polar surface area (TPSA) is 57.3 Å². The van der Waals surface area contributed by atoms with Crippen LogP contribution in [0, 0.1) is 5.82 Å². The summed E-state index contributed by atoms with van der Waals surface area (Å²) in [7, 11) is 0. The van der Waals surface area contributed by atoms with E-state index >= 15 is 0 Å². The smallest absolute Gasteiger partial charge is 0.234 e. The Morgan fingerprint density at radius 3 is 3.18 bits per heavy atom. The van der Waals surface area contributed by atoms with Crippen LogP contribution in [0.4, 0.5) is 9.52 Å². The van der Waals surface area contributed by atoms with Gasteiger partial charge in [-0.25, -0.2) is 14.8 Å². The highest BCUT2D eigenvalue weighted by Gasteiger charge is 2.30. The van der Waals surface area contributed by atoms with E-state index in [1.165, 1.54) is 23.5 Å². The molecule has 2 heterocycles. The van der Waals surface area contributed by atoms with Gasteiger partial charge in [-0.1, -0.05) is 24.7 Å². The van der Waals surface area contributed by atoms with Gasteiger partial charge < -0.3 is 4.90 Å². The van der Waals surface area contributed by atoms with Crippen LogP contribution < -0.4 is 10.9 Å². The summed E-state index contributed by atoms with van der Waals surface area (Å²) in [5.41, 5.74) is 6.71. The van der Waals surface area contributed by atoms with E-state index in [9.17, 15) is 9.18 Å². The van der Waals surface area contributed by atoms with Crippen molar-refractivity contribution in [2.75, 3.05) is 17.7 Å². The fourth-order valence-electron chi connectivity index (χ4n) is 2.22. The fourth-order valence-corrected chi connectivity index (χ4v) is 4.04. The van der Waals surface area contributed by atoms with Crippen LogP contribution in [0.3, 0.4) is 0 Å². The van der Waals surface area contributed by atoms with Crippen molar-refractivity contribution in [3.63, 3.8) is 0 Å². The molecular weight excluding hydrogens is 323 g/mol. The number of hydrogen-bond acceptors (Lipinski definition) is 6. The van der Waals surface area contributed by atoms with Crippen LogP contribution in [0.25, 0.3) is 10.2 Å². The van der Waals surface area contributed by atoms with Gasteiger partial charge in [0.2, 0.25) is 5.91 Å². The number of fused-ring (bicyclic) bond motifs is 1. The Labute approximate surface area is 136 Å². The number of thioether (sulfide) groups is 1. The fraction of sp³-hybridized carbons (Fsp3) is 0.429. The Hall–Kier alpha value is -1.38. The number of halogens is 1. The lowest BCUT2D eigenvalue weighted by molar-refractivity contribution is -0.128. The molecule has 1 unspecified atom stereocenters.